The topological polar surface area (TPSA) is 53.6 Å². The Kier molecular flexibility index (Phi) is 9.32. The summed E-state index contributed by atoms with van der Waals surface area (Å²) in [6.07, 6.45) is 0.729. The predicted molar refractivity (Wildman–Crippen MR) is 107 cm³/mol. The van der Waals surface area contributed by atoms with E-state index in [-0.39, 0.29) is 36.8 Å². The molecule has 0 radical (unpaired) electrons. The molecule has 0 aromatic heterocycles. The Hall–Kier alpha value is -0.720. The second-order valence-electron chi connectivity index (χ2n) is 6.34. The number of anilines is 1. The average molecular weight is 411 g/mol. The molecule has 2 aliphatic heterocycles. The molecule has 8 heteroatoms. The highest BCUT2D eigenvalue weighted by molar-refractivity contribution is 6.30. The number of carbonyl (C=O) groups excluding carboxylic acids is 1. The van der Waals surface area contributed by atoms with Crippen LogP contribution in [0.5, 0.6) is 0 Å². The zero-order valence-corrected chi connectivity index (χ0v) is 16.7. The molecule has 5 nitrogen and oxygen atoms in total. The van der Waals surface area contributed by atoms with E-state index >= 15 is 0 Å². The Morgan fingerprint density at radius 1 is 1.44 bits per heavy atom. The number of amides is 1. The number of hydrogen-bond acceptors (Lipinski definition) is 4. The lowest BCUT2D eigenvalue weighted by Crippen LogP contribution is -2.48. The number of nitrogens with zero attached hydrogens (tertiary/aromatic N) is 1. The van der Waals surface area contributed by atoms with E-state index in [1.807, 2.05) is 12.1 Å². The summed E-state index contributed by atoms with van der Waals surface area (Å²) < 4.78 is 5.47. The molecule has 0 spiro atoms. The maximum atomic E-state index is 12.1. The Bertz CT molecular complexity index is 568. The molecule has 1 aromatic rings. The van der Waals surface area contributed by atoms with Crippen LogP contribution in [0.15, 0.2) is 18.2 Å². The summed E-state index contributed by atoms with van der Waals surface area (Å²) in [6.45, 7) is 6.78. The van der Waals surface area contributed by atoms with E-state index in [9.17, 15) is 4.79 Å². The monoisotopic (exact) mass is 409 g/mol. The molecule has 3 rings (SSSR count). The van der Waals surface area contributed by atoms with E-state index in [4.69, 9.17) is 16.3 Å². The summed E-state index contributed by atoms with van der Waals surface area (Å²) in [5.41, 5.74) is 2.44. The summed E-state index contributed by atoms with van der Waals surface area (Å²) in [5, 5.41) is 6.98. The standard InChI is InChI=1S/C17H24ClN3O2.2ClH/c1-12-2-3-14(18)8-15(12)21-6-4-13(11-21)9-20-17(22)16-10-19-5-7-23-16;;/h2-3,8,13,16,19H,4-7,9-11H2,1H3,(H,20,22);2*1H. The van der Waals surface area contributed by atoms with Crippen LogP contribution in [0.25, 0.3) is 0 Å². The fraction of sp³-hybridized carbons (Fsp3) is 0.588. The normalized spacial score (nSPS) is 22.7. The van der Waals surface area contributed by atoms with Crippen LogP contribution in [0.2, 0.25) is 5.02 Å². The second-order valence-corrected chi connectivity index (χ2v) is 6.78. The summed E-state index contributed by atoms with van der Waals surface area (Å²) in [6, 6.07) is 6.01. The van der Waals surface area contributed by atoms with Gasteiger partial charge in [-0.3, -0.25) is 4.79 Å². The lowest BCUT2D eigenvalue weighted by Gasteiger charge is -2.24. The van der Waals surface area contributed by atoms with Crippen molar-refractivity contribution in [2.24, 2.45) is 5.92 Å². The minimum Gasteiger partial charge on any atom is -0.371 e. The van der Waals surface area contributed by atoms with Crippen molar-refractivity contribution in [3.63, 3.8) is 0 Å². The van der Waals surface area contributed by atoms with Gasteiger partial charge in [-0.1, -0.05) is 17.7 Å². The molecule has 0 bridgehead atoms. The first-order valence-corrected chi connectivity index (χ1v) is 8.62. The fourth-order valence-electron chi connectivity index (χ4n) is 3.23. The molecule has 2 heterocycles. The molecule has 2 aliphatic rings. The molecular weight excluding hydrogens is 385 g/mol. The number of nitrogens with one attached hydrogen (secondary N) is 2. The van der Waals surface area contributed by atoms with Crippen molar-refractivity contribution in [1.82, 2.24) is 10.6 Å². The number of halogens is 3. The minimum absolute atomic E-state index is 0. The Morgan fingerprint density at radius 2 is 2.24 bits per heavy atom. The number of morpholine rings is 1. The number of aryl methyl sites for hydroxylation is 1. The highest BCUT2D eigenvalue weighted by Crippen LogP contribution is 2.29. The van der Waals surface area contributed by atoms with Gasteiger partial charge in [-0.15, -0.1) is 24.8 Å². The van der Waals surface area contributed by atoms with Gasteiger partial charge in [0.1, 0.15) is 6.10 Å². The Morgan fingerprint density at radius 3 is 2.96 bits per heavy atom. The van der Waals surface area contributed by atoms with Crippen LogP contribution in [0.4, 0.5) is 5.69 Å². The highest BCUT2D eigenvalue weighted by Gasteiger charge is 2.26. The molecule has 25 heavy (non-hydrogen) atoms. The number of benzene rings is 1. The van der Waals surface area contributed by atoms with E-state index < -0.39 is 0 Å². The maximum Gasteiger partial charge on any atom is 0.250 e. The summed E-state index contributed by atoms with van der Waals surface area (Å²) in [7, 11) is 0. The van der Waals surface area contributed by atoms with E-state index in [2.05, 4.69) is 28.5 Å². The SMILES string of the molecule is Cc1ccc(Cl)cc1N1CCC(CNC(=O)C2CNCCO2)C1.Cl.Cl. The third-order valence-electron chi connectivity index (χ3n) is 4.58. The van der Waals surface area contributed by atoms with E-state index in [1.54, 1.807) is 0 Å². The molecule has 2 atom stereocenters. The Balaban J connectivity index is 0.00000156. The molecule has 0 saturated carbocycles. The number of rotatable bonds is 4. The van der Waals surface area contributed by atoms with Gasteiger partial charge in [-0.25, -0.2) is 0 Å². The maximum absolute atomic E-state index is 12.1. The van der Waals surface area contributed by atoms with Crippen LogP contribution in [-0.4, -0.2) is 51.3 Å². The third kappa shape index (κ3) is 5.90. The summed E-state index contributed by atoms with van der Waals surface area (Å²) >= 11 is 6.12. The zero-order chi connectivity index (χ0) is 16.2. The van der Waals surface area contributed by atoms with Gasteiger partial charge < -0.3 is 20.3 Å². The van der Waals surface area contributed by atoms with Gasteiger partial charge in [0.25, 0.3) is 0 Å². The first-order valence-electron chi connectivity index (χ1n) is 8.24. The first-order chi connectivity index (χ1) is 11.1. The first kappa shape index (κ1) is 22.3. The predicted octanol–water partition coefficient (Wildman–Crippen LogP) is 2.42. The van der Waals surface area contributed by atoms with Crippen LogP contribution in [-0.2, 0) is 9.53 Å². The molecule has 1 amide bonds. The zero-order valence-electron chi connectivity index (χ0n) is 14.3. The van der Waals surface area contributed by atoms with Gasteiger partial charge in [-0.05, 0) is 37.0 Å². The molecule has 2 unspecified atom stereocenters. The van der Waals surface area contributed by atoms with Gasteiger partial charge in [0.05, 0.1) is 6.61 Å². The van der Waals surface area contributed by atoms with Crippen LogP contribution in [0, 0.1) is 12.8 Å². The lowest BCUT2D eigenvalue weighted by atomic mass is 10.1. The summed E-state index contributed by atoms with van der Waals surface area (Å²) in [4.78, 5) is 14.5. The number of ether oxygens (including phenoxy) is 1. The van der Waals surface area contributed by atoms with Crippen molar-refractivity contribution >= 4 is 48.0 Å². The Labute approximate surface area is 166 Å². The molecule has 2 N–H and O–H groups in total. The quantitative estimate of drug-likeness (QED) is 0.800. The van der Waals surface area contributed by atoms with Crippen molar-refractivity contribution in [3.8, 4) is 0 Å². The largest absolute Gasteiger partial charge is 0.371 e. The van der Waals surface area contributed by atoms with Crippen molar-refractivity contribution < 1.29 is 9.53 Å². The number of hydrogen-bond donors (Lipinski definition) is 2. The smallest absolute Gasteiger partial charge is 0.250 e. The fourth-order valence-corrected chi connectivity index (χ4v) is 3.40. The van der Waals surface area contributed by atoms with Crippen molar-refractivity contribution in [2.75, 3.05) is 44.2 Å². The van der Waals surface area contributed by atoms with Gasteiger partial charge >= 0.3 is 0 Å². The van der Waals surface area contributed by atoms with E-state index in [1.165, 1.54) is 11.3 Å². The van der Waals surface area contributed by atoms with Crippen molar-refractivity contribution in [2.45, 2.75) is 19.4 Å². The van der Waals surface area contributed by atoms with Gasteiger partial charge in [0.2, 0.25) is 5.91 Å². The highest BCUT2D eigenvalue weighted by atomic mass is 35.5. The molecule has 2 fully saturated rings. The third-order valence-corrected chi connectivity index (χ3v) is 4.82. The van der Waals surface area contributed by atoms with E-state index in [0.717, 1.165) is 31.1 Å². The van der Waals surface area contributed by atoms with E-state index in [0.29, 0.717) is 25.6 Å². The van der Waals surface area contributed by atoms with Crippen LogP contribution in [0.1, 0.15) is 12.0 Å². The number of carbonyl (C=O) groups is 1. The molecule has 2 saturated heterocycles. The second kappa shape index (κ2) is 10.4. The molecule has 0 aliphatic carbocycles. The molecule has 1 aromatic carbocycles. The van der Waals surface area contributed by atoms with Gasteiger partial charge in [0.15, 0.2) is 0 Å². The van der Waals surface area contributed by atoms with Gasteiger partial charge in [-0.2, -0.15) is 0 Å². The van der Waals surface area contributed by atoms with Crippen LogP contribution >= 0.6 is 36.4 Å². The molecular formula is C17H26Cl3N3O2. The minimum atomic E-state index is -0.351. The van der Waals surface area contributed by atoms with Crippen molar-refractivity contribution in [3.05, 3.63) is 28.8 Å². The summed E-state index contributed by atoms with van der Waals surface area (Å²) in [5.74, 6) is 0.462. The van der Waals surface area contributed by atoms with Crippen molar-refractivity contribution in [1.29, 1.82) is 0 Å². The average Bonchev–Trinajstić information content (AvgIpc) is 3.04. The van der Waals surface area contributed by atoms with Gasteiger partial charge in [0, 0.05) is 43.4 Å². The van der Waals surface area contributed by atoms with Crippen LogP contribution in [0.3, 0.4) is 0 Å². The molecule has 142 valence electrons. The van der Waals surface area contributed by atoms with Crippen LogP contribution < -0.4 is 15.5 Å². The lowest BCUT2D eigenvalue weighted by molar-refractivity contribution is -0.134.